The van der Waals surface area contributed by atoms with E-state index in [1.165, 1.54) is 12.0 Å². The zero-order valence-electron chi connectivity index (χ0n) is 21.0. The molecule has 1 heterocycles. The van der Waals surface area contributed by atoms with E-state index in [0.29, 0.717) is 25.8 Å². The van der Waals surface area contributed by atoms with Crippen molar-refractivity contribution < 1.29 is 29.0 Å². The summed E-state index contributed by atoms with van der Waals surface area (Å²) in [6.07, 6.45) is 1.59. The second-order valence-electron chi connectivity index (χ2n) is 9.78. The number of aliphatic hydroxyl groups excluding tert-OH is 1. The first-order valence-corrected chi connectivity index (χ1v) is 11.8. The lowest BCUT2D eigenvalue weighted by molar-refractivity contribution is -0.143. The molecule has 0 aliphatic carbocycles. The number of amides is 4. The molecule has 0 radical (unpaired) electrons. The quantitative estimate of drug-likeness (QED) is 0.333. The van der Waals surface area contributed by atoms with E-state index in [4.69, 9.17) is 4.74 Å². The van der Waals surface area contributed by atoms with Crippen molar-refractivity contribution in [1.29, 1.82) is 0 Å². The number of rotatable bonds is 11. The van der Waals surface area contributed by atoms with Gasteiger partial charge in [-0.25, -0.2) is 9.59 Å². The number of urea groups is 1. The van der Waals surface area contributed by atoms with Crippen LogP contribution >= 0.6 is 0 Å². The van der Waals surface area contributed by atoms with Crippen LogP contribution < -0.4 is 16.0 Å². The molecule has 0 aromatic rings. The molecule has 1 saturated heterocycles. The van der Waals surface area contributed by atoms with Gasteiger partial charge in [0.25, 0.3) is 0 Å². The van der Waals surface area contributed by atoms with E-state index < -0.39 is 36.2 Å². The topological polar surface area (TPSA) is 137 Å². The molecule has 0 saturated carbocycles. The average Bonchev–Trinajstić information content (AvgIpc) is 3.23. The zero-order valence-corrected chi connectivity index (χ0v) is 21.0. The zero-order chi connectivity index (χ0) is 25.3. The first-order chi connectivity index (χ1) is 15.4. The monoisotopic (exact) mass is 470 g/mol. The van der Waals surface area contributed by atoms with E-state index in [-0.39, 0.29) is 36.2 Å². The Morgan fingerprint density at radius 1 is 1.00 bits per heavy atom. The number of aliphatic hydroxyl groups is 1. The molecule has 1 aliphatic rings. The molecule has 0 spiro atoms. The summed E-state index contributed by atoms with van der Waals surface area (Å²) in [5.74, 6) is -1.24. The third-order valence-corrected chi connectivity index (χ3v) is 5.89. The molecule has 0 aromatic carbocycles. The molecule has 0 aromatic heterocycles. The van der Waals surface area contributed by atoms with Gasteiger partial charge in [-0.3, -0.25) is 9.59 Å². The Bertz CT molecular complexity index is 682. The summed E-state index contributed by atoms with van der Waals surface area (Å²) in [6, 6.07) is -3.38. The van der Waals surface area contributed by atoms with Crippen LogP contribution in [0.5, 0.6) is 0 Å². The maximum Gasteiger partial charge on any atom is 0.328 e. The van der Waals surface area contributed by atoms with Crippen molar-refractivity contribution in [2.24, 2.45) is 17.8 Å². The van der Waals surface area contributed by atoms with E-state index in [1.54, 1.807) is 13.8 Å². The Morgan fingerprint density at radius 2 is 1.64 bits per heavy atom. The van der Waals surface area contributed by atoms with E-state index in [1.807, 2.05) is 27.7 Å². The number of carbonyl (C=O) groups excluding carboxylic acids is 4. The predicted octanol–water partition coefficient (Wildman–Crippen LogP) is 1.02. The number of nitrogens with zero attached hydrogens (tertiary/aromatic N) is 1. The van der Waals surface area contributed by atoms with Gasteiger partial charge in [0.2, 0.25) is 11.8 Å². The van der Waals surface area contributed by atoms with Crippen molar-refractivity contribution in [1.82, 2.24) is 20.9 Å². The molecule has 0 bridgehead atoms. The Labute approximate surface area is 197 Å². The second-order valence-corrected chi connectivity index (χ2v) is 9.78. The number of nitrogens with one attached hydrogen (secondary N) is 3. The molecule has 4 N–H and O–H groups in total. The Kier molecular flexibility index (Phi) is 11.6. The number of methoxy groups -OCH3 is 1. The highest BCUT2D eigenvalue weighted by Gasteiger charge is 2.39. The maximum atomic E-state index is 13.3. The van der Waals surface area contributed by atoms with Gasteiger partial charge in [-0.15, -0.1) is 0 Å². The molecule has 10 nitrogen and oxygen atoms in total. The summed E-state index contributed by atoms with van der Waals surface area (Å²) in [4.78, 5) is 52.4. The Morgan fingerprint density at radius 3 is 2.12 bits per heavy atom. The third kappa shape index (κ3) is 8.49. The van der Waals surface area contributed by atoms with Crippen molar-refractivity contribution >= 4 is 23.8 Å². The summed E-state index contributed by atoms with van der Waals surface area (Å²) >= 11 is 0. The SMILES string of the molecule is COC(=O)[C@H](CC(C)C)NC(=O)N[C@H](C(=O)N1CCC[C@H]1C(=O)N[C@H](CO)C(C)C)C(C)C. The second kappa shape index (κ2) is 13.4. The van der Waals surface area contributed by atoms with Crippen molar-refractivity contribution in [3.8, 4) is 0 Å². The summed E-state index contributed by atoms with van der Waals surface area (Å²) in [5.41, 5.74) is 0. The highest BCUT2D eigenvalue weighted by atomic mass is 16.5. The number of ether oxygens (including phenoxy) is 1. The largest absolute Gasteiger partial charge is 0.467 e. The lowest BCUT2D eigenvalue weighted by atomic mass is 10.0. The molecule has 10 heteroatoms. The van der Waals surface area contributed by atoms with E-state index in [0.717, 1.165) is 0 Å². The van der Waals surface area contributed by atoms with Gasteiger partial charge in [-0.05, 0) is 37.0 Å². The summed E-state index contributed by atoms with van der Waals surface area (Å²) in [6.45, 7) is 11.5. The normalized spacial score (nSPS) is 18.8. The van der Waals surface area contributed by atoms with Crippen LogP contribution in [0.1, 0.15) is 60.8 Å². The molecular formula is C23H42N4O6. The lowest BCUT2D eigenvalue weighted by Crippen LogP contribution is -2.58. The average molecular weight is 471 g/mol. The number of hydrogen-bond acceptors (Lipinski definition) is 6. The highest BCUT2D eigenvalue weighted by molar-refractivity contribution is 5.93. The first-order valence-electron chi connectivity index (χ1n) is 11.8. The van der Waals surface area contributed by atoms with Gasteiger partial charge in [0.15, 0.2) is 0 Å². The Balaban J connectivity index is 2.91. The third-order valence-electron chi connectivity index (χ3n) is 5.89. The van der Waals surface area contributed by atoms with Crippen molar-refractivity contribution in [2.45, 2.75) is 85.0 Å². The van der Waals surface area contributed by atoms with Gasteiger partial charge in [0.05, 0.1) is 19.8 Å². The van der Waals surface area contributed by atoms with Gasteiger partial charge in [0, 0.05) is 6.54 Å². The highest BCUT2D eigenvalue weighted by Crippen LogP contribution is 2.21. The fourth-order valence-corrected chi connectivity index (χ4v) is 3.87. The van der Waals surface area contributed by atoms with E-state index in [2.05, 4.69) is 16.0 Å². The van der Waals surface area contributed by atoms with Crippen LogP contribution in [0.15, 0.2) is 0 Å². The lowest BCUT2D eigenvalue weighted by Gasteiger charge is -2.32. The molecule has 1 aliphatic heterocycles. The number of esters is 1. The van der Waals surface area contributed by atoms with Crippen molar-refractivity contribution in [2.75, 3.05) is 20.3 Å². The first kappa shape index (κ1) is 28.7. The van der Waals surface area contributed by atoms with Crippen LogP contribution in [-0.2, 0) is 19.1 Å². The van der Waals surface area contributed by atoms with Crippen LogP contribution in [0.25, 0.3) is 0 Å². The predicted molar refractivity (Wildman–Crippen MR) is 124 cm³/mol. The standard InChI is InChI=1S/C23H42N4O6/c1-13(2)11-16(22(31)33-7)25-23(32)26-19(15(5)6)21(30)27-10-8-9-18(27)20(29)24-17(12-28)14(3)4/h13-19,28H,8-12H2,1-7H3,(H,24,29)(H2,25,26,32)/t16-,17+,18-,19-/m0/s1. The van der Waals surface area contributed by atoms with Crippen LogP contribution in [0.4, 0.5) is 4.79 Å². The van der Waals surface area contributed by atoms with Crippen LogP contribution in [0, 0.1) is 17.8 Å². The van der Waals surface area contributed by atoms with Gasteiger partial charge in [-0.1, -0.05) is 41.5 Å². The van der Waals surface area contributed by atoms with Gasteiger partial charge in [-0.2, -0.15) is 0 Å². The van der Waals surface area contributed by atoms with E-state index >= 15 is 0 Å². The van der Waals surface area contributed by atoms with Crippen LogP contribution in [-0.4, -0.2) is 78.3 Å². The van der Waals surface area contributed by atoms with Gasteiger partial charge < -0.3 is 30.7 Å². The summed E-state index contributed by atoms with van der Waals surface area (Å²) < 4.78 is 4.77. The molecule has 1 rings (SSSR count). The molecule has 4 amide bonds. The summed E-state index contributed by atoms with van der Waals surface area (Å²) in [7, 11) is 1.26. The number of hydrogen-bond donors (Lipinski definition) is 4. The molecule has 190 valence electrons. The fourth-order valence-electron chi connectivity index (χ4n) is 3.87. The Hall–Kier alpha value is -2.36. The minimum absolute atomic E-state index is 0.0480. The molecule has 0 unspecified atom stereocenters. The summed E-state index contributed by atoms with van der Waals surface area (Å²) in [5, 5.41) is 17.6. The molecular weight excluding hydrogens is 428 g/mol. The molecule has 1 fully saturated rings. The fraction of sp³-hybridized carbons (Fsp3) is 0.826. The number of carbonyl (C=O) groups is 4. The molecule has 33 heavy (non-hydrogen) atoms. The molecule has 4 atom stereocenters. The van der Waals surface area contributed by atoms with E-state index in [9.17, 15) is 24.3 Å². The smallest absolute Gasteiger partial charge is 0.328 e. The maximum absolute atomic E-state index is 13.3. The van der Waals surface area contributed by atoms with Crippen molar-refractivity contribution in [3.63, 3.8) is 0 Å². The minimum atomic E-state index is -0.866. The van der Waals surface area contributed by atoms with Crippen molar-refractivity contribution in [3.05, 3.63) is 0 Å². The van der Waals surface area contributed by atoms with Gasteiger partial charge in [0.1, 0.15) is 18.1 Å². The minimum Gasteiger partial charge on any atom is -0.467 e. The number of likely N-dealkylation sites (tertiary alicyclic amines) is 1. The van der Waals surface area contributed by atoms with Crippen LogP contribution in [0.2, 0.25) is 0 Å². The van der Waals surface area contributed by atoms with Gasteiger partial charge >= 0.3 is 12.0 Å². The van der Waals surface area contributed by atoms with Crippen LogP contribution in [0.3, 0.4) is 0 Å².